The second-order valence-corrected chi connectivity index (χ2v) is 4.77. The molecular formula is C16H27NO. The summed E-state index contributed by atoms with van der Waals surface area (Å²) < 4.78 is 5.61. The van der Waals surface area contributed by atoms with Crippen LogP contribution in [0.2, 0.25) is 0 Å². The van der Waals surface area contributed by atoms with Crippen molar-refractivity contribution in [1.29, 1.82) is 0 Å². The van der Waals surface area contributed by atoms with Gasteiger partial charge in [-0.25, -0.2) is 0 Å². The zero-order valence-electron chi connectivity index (χ0n) is 11.9. The van der Waals surface area contributed by atoms with Gasteiger partial charge in [-0.2, -0.15) is 0 Å². The molecule has 0 aliphatic rings. The van der Waals surface area contributed by atoms with Crippen LogP contribution < -0.4 is 5.32 Å². The summed E-state index contributed by atoms with van der Waals surface area (Å²) in [6.07, 6.45) is 6.51. The van der Waals surface area contributed by atoms with E-state index >= 15 is 0 Å². The highest BCUT2D eigenvalue weighted by atomic mass is 16.5. The lowest BCUT2D eigenvalue weighted by atomic mass is 10.2. The molecule has 2 nitrogen and oxygen atoms in total. The minimum Gasteiger partial charge on any atom is -0.383 e. The van der Waals surface area contributed by atoms with Gasteiger partial charge >= 0.3 is 0 Å². The highest BCUT2D eigenvalue weighted by molar-refractivity contribution is 5.50. The third-order valence-corrected chi connectivity index (χ3v) is 3.10. The molecule has 1 aromatic carbocycles. The van der Waals surface area contributed by atoms with E-state index in [-0.39, 0.29) is 0 Å². The second kappa shape index (κ2) is 9.95. The highest BCUT2D eigenvalue weighted by Gasteiger charge is 1.95. The van der Waals surface area contributed by atoms with Crippen LogP contribution in [0.1, 0.15) is 44.6 Å². The van der Waals surface area contributed by atoms with E-state index in [1.165, 1.54) is 43.4 Å². The van der Waals surface area contributed by atoms with E-state index in [4.69, 9.17) is 4.74 Å². The van der Waals surface area contributed by atoms with Gasteiger partial charge in [0.05, 0.1) is 6.61 Å². The predicted octanol–water partition coefficient (Wildman–Crippen LogP) is 4.39. The molecule has 0 unspecified atom stereocenters. The Kier molecular flexibility index (Phi) is 8.32. The largest absolute Gasteiger partial charge is 0.383 e. The van der Waals surface area contributed by atoms with Crippen molar-refractivity contribution < 1.29 is 4.74 Å². The molecule has 0 aliphatic carbocycles. The molecule has 102 valence electrons. The molecule has 0 saturated heterocycles. The number of aryl methyl sites for hydroxylation is 1. The molecule has 0 aliphatic heterocycles. The fourth-order valence-electron chi connectivity index (χ4n) is 1.94. The van der Waals surface area contributed by atoms with Gasteiger partial charge in [0.2, 0.25) is 0 Å². The van der Waals surface area contributed by atoms with Crippen LogP contribution in [-0.2, 0) is 4.74 Å². The van der Waals surface area contributed by atoms with Crippen molar-refractivity contribution in [3.63, 3.8) is 0 Å². The monoisotopic (exact) mass is 249 g/mol. The van der Waals surface area contributed by atoms with Gasteiger partial charge in [-0.15, -0.1) is 0 Å². The lowest BCUT2D eigenvalue weighted by Crippen LogP contribution is -2.10. The third kappa shape index (κ3) is 6.65. The molecule has 1 rings (SSSR count). The van der Waals surface area contributed by atoms with Crippen LogP contribution in [0, 0.1) is 6.92 Å². The Labute approximate surface area is 112 Å². The van der Waals surface area contributed by atoms with E-state index in [9.17, 15) is 0 Å². The fourth-order valence-corrected chi connectivity index (χ4v) is 1.94. The van der Waals surface area contributed by atoms with Gasteiger partial charge in [0.1, 0.15) is 0 Å². The standard InChI is InChI=1S/C16H27NO/c1-3-4-5-6-9-13-18-14-12-17-16-11-8-7-10-15(16)2/h7-8,10-11,17H,3-6,9,12-14H2,1-2H3. The summed E-state index contributed by atoms with van der Waals surface area (Å²) in [4.78, 5) is 0. The maximum atomic E-state index is 5.61. The number of ether oxygens (including phenoxy) is 1. The highest BCUT2D eigenvalue weighted by Crippen LogP contribution is 2.12. The van der Waals surface area contributed by atoms with Crippen LogP contribution in [0.15, 0.2) is 24.3 Å². The minimum absolute atomic E-state index is 0.794. The van der Waals surface area contributed by atoms with E-state index < -0.39 is 0 Å². The summed E-state index contributed by atoms with van der Waals surface area (Å²) in [6.45, 7) is 6.95. The molecule has 1 N–H and O–H groups in total. The summed E-state index contributed by atoms with van der Waals surface area (Å²) >= 11 is 0. The van der Waals surface area contributed by atoms with Gasteiger partial charge in [0, 0.05) is 18.8 Å². The average Bonchev–Trinajstić information content (AvgIpc) is 2.39. The Balaban J connectivity index is 1.94. The van der Waals surface area contributed by atoms with Gasteiger partial charge in [0.25, 0.3) is 0 Å². The summed E-state index contributed by atoms with van der Waals surface area (Å²) in [5, 5.41) is 3.40. The Bertz CT molecular complexity index is 312. The smallest absolute Gasteiger partial charge is 0.0639 e. The number of rotatable bonds is 10. The van der Waals surface area contributed by atoms with Crippen LogP contribution in [-0.4, -0.2) is 19.8 Å². The van der Waals surface area contributed by atoms with E-state index in [0.717, 1.165) is 19.8 Å². The van der Waals surface area contributed by atoms with Crippen molar-refractivity contribution in [1.82, 2.24) is 0 Å². The number of unbranched alkanes of at least 4 members (excludes halogenated alkanes) is 4. The predicted molar refractivity (Wildman–Crippen MR) is 79.2 cm³/mol. The second-order valence-electron chi connectivity index (χ2n) is 4.77. The molecule has 0 saturated carbocycles. The lowest BCUT2D eigenvalue weighted by Gasteiger charge is -2.09. The Morgan fingerprint density at radius 1 is 1.00 bits per heavy atom. The molecule has 0 heterocycles. The van der Waals surface area contributed by atoms with Gasteiger partial charge in [0.15, 0.2) is 0 Å². The van der Waals surface area contributed by atoms with Crippen molar-refractivity contribution in [3.05, 3.63) is 29.8 Å². The first-order valence-corrected chi connectivity index (χ1v) is 7.22. The Hall–Kier alpha value is -1.02. The maximum Gasteiger partial charge on any atom is 0.0639 e. The third-order valence-electron chi connectivity index (χ3n) is 3.10. The normalized spacial score (nSPS) is 10.6. The minimum atomic E-state index is 0.794. The molecular weight excluding hydrogens is 222 g/mol. The van der Waals surface area contributed by atoms with Crippen LogP contribution in [0.25, 0.3) is 0 Å². The zero-order valence-corrected chi connectivity index (χ0v) is 11.9. The molecule has 0 amide bonds. The van der Waals surface area contributed by atoms with Gasteiger partial charge < -0.3 is 10.1 Å². The summed E-state index contributed by atoms with van der Waals surface area (Å²) in [5.41, 5.74) is 2.50. The first-order valence-electron chi connectivity index (χ1n) is 7.22. The van der Waals surface area contributed by atoms with Crippen LogP contribution >= 0.6 is 0 Å². The van der Waals surface area contributed by atoms with E-state index in [2.05, 4.69) is 43.4 Å². The van der Waals surface area contributed by atoms with Crippen molar-refractivity contribution >= 4 is 5.69 Å². The molecule has 0 spiro atoms. The quantitative estimate of drug-likeness (QED) is 0.621. The van der Waals surface area contributed by atoms with Crippen LogP contribution in [0.5, 0.6) is 0 Å². The van der Waals surface area contributed by atoms with Crippen molar-refractivity contribution in [2.24, 2.45) is 0 Å². The van der Waals surface area contributed by atoms with Crippen molar-refractivity contribution in [2.45, 2.75) is 46.0 Å². The van der Waals surface area contributed by atoms with E-state index in [1.807, 2.05) is 0 Å². The average molecular weight is 249 g/mol. The first-order chi connectivity index (χ1) is 8.84. The zero-order chi connectivity index (χ0) is 13.1. The number of hydrogen-bond donors (Lipinski definition) is 1. The van der Waals surface area contributed by atoms with Gasteiger partial charge in [-0.3, -0.25) is 0 Å². The topological polar surface area (TPSA) is 21.3 Å². The molecule has 18 heavy (non-hydrogen) atoms. The molecule has 0 atom stereocenters. The van der Waals surface area contributed by atoms with Gasteiger partial charge in [-0.05, 0) is 25.0 Å². The molecule has 0 radical (unpaired) electrons. The molecule has 2 heteroatoms. The SMILES string of the molecule is CCCCCCCOCCNc1ccccc1C. The Morgan fingerprint density at radius 3 is 2.56 bits per heavy atom. The first kappa shape index (κ1) is 15.0. The summed E-state index contributed by atoms with van der Waals surface area (Å²) in [6, 6.07) is 8.36. The van der Waals surface area contributed by atoms with Crippen LogP contribution in [0.3, 0.4) is 0 Å². The van der Waals surface area contributed by atoms with Crippen molar-refractivity contribution in [2.75, 3.05) is 25.1 Å². The van der Waals surface area contributed by atoms with Crippen LogP contribution in [0.4, 0.5) is 5.69 Å². The van der Waals surface area contributed by atoms with Crippen molar-refractivity contribution in [3.8, 4) is 0 Å². The number of anilines is 1. The van der Waals surface area contributed by atoms with E-state index in [1.54, 1.807) is 0 Å². The lowest BCUT2D eigenvalue weighted by molar-refractivity contribution is 0.139. The molecule has 0 fully saturated rings. The van der Waals surface area contributed by atoms with E-state index in [0.29, 0.717) is 0 Å². The number of benzene rings is 1. The fraction of sp³-hybridized carbons (Fsp3) is 0.625. The number of nitrogens with one attached hydrogen (secondary N) is 1. The Morgan fingerprint density at radius 2 is 1.78 bits per heavy atom. The maximum absolute atomic E-state index is 5.61. The molecule has 1 aromatic rings. The van der Waals surface area contributed by atoms with Gasteiger partial charge in [-0.1, -0.05) is 50.8 Å². The molecule has 0 bridgehead atoms. The molecule has 0 aromatic heterocycles. The number of para-hydroxylation sites is 1. The number of hydrogen-bond acceptors (Lipinski definition) is 2. The summed E-state index contributed by atoms with van der Waals surface area (Å²) in [5.74, 6) is 0. The summed E-state index contributed by atoms with van der Waals surface area (Å²) in [7, 11) is 0.